The summed E-state index contributed by atoms with van der Waals surface area (Å²) in [6.45, 7) is 1.81. The third-order valence-electron chi connectivity index (χ3n) is 0.602. The van der Waals surface area contributed by atoms with Gasteiger partial charge in [-0.1, -0.05) is 13.3 Å². The first-order valence-electron chi connectivity index (χ1n) is 2.29. The zero-order chi connectivity index (χ0) is 4.83. The van der Waals surface area contributed by atoms with Gasteiger partial charge < -0.3 is 0 Å². The fourth-order valence-electron chi connectivity index (χ4n) is 0.281. The van der Waals surface area contributed by atoms with Gasteiger partial charge >= 0.3 is 0 Å². The summed E-state index contributed by atoms with van der Waals surface area (Å²) < 4.78 is 11.1. The summed E-state index contributed by atoms with van der Waals surface area (Å²) in [5, 5.41) is 0. The minimum atomic E-state index is -0.201. The van der Waals surface area contributed by atoms with Crippen LogP contribution in [0.2, 0.25) is 0 Å². The molecule has 1 radical (unpaired) electrons. The lowest BCUT2D eigenvalue weighted by Gasteiger charge is -1.83. The molecule has 0 aromatic heterocycles. The van der Waals surface area contributed by atoms with Gasteiger partial charge in [0.1, 0.15) is 0 Å². The number of unbranched alkanes of at least 4 members (excludes halogenated alkanes) is 2. The maximum atomic E-state index is 11.1. The van der Waals surface area contributed by atoms with Gasteiger partial charge in [0.25, 0.3) is 0 Å². The molecule has 0 aliphatic rings. The smallest absolute Gasteiger partial charge is 0.0897 e. The van der Waals surface area contributed by atoms with Crippen LogP contribution < -0.4 is 0 Å². The first-order valence-corrected chi connectivity index (χ1v) is 2.29. The summed E-state index contributed by atoms with van der Waals surface area (Å²) in [6.07, 6.45) is 3.54. The third-order valence-corrected chi connectivity index (χ3v) is 0.602. The Morgan fingerprint density at radius 1 is 1.67 bits per heavy atom. The zero-order valence-electron chi connectivity index (χ0n) is 4.08. The van der Waals surface area contributed by atoms with Gasteiger partial charge in [0.15, 0.2) is 0 Å². The molecule has 0 saturated heterocycles. The van der Waals surface area contributed by atoms with Crippen LogP contribution in [0.15, 0.2) is 0 Å². The summed E-state index contributed by atoms with van der Waals surface area (Å²) in [5.74, 6) is 0. The van der Waals surface area contributed by atoms with Gasteiger partial charge in [-0.3, -0.25) is 4.39 Å². The van der Waals surface area contributed by atoms with Gasteiger partial charge in [-0.15, -0.1) is 0 Å². The summed E-state index contributed by atoms with van der Waals surface area (Å²) >= 11 is 0. The van der Waals surface area contributed by atoms with Crippen LogP contribution in [0, 0.1) is 6.42 Å². The summed E-state index contributed by atoms with van der Waals surface area (Å²) in [6, 6.07) is 0. The lowest BCUT2D eigenvalue weighted by Crippen LogP contribution is -1.73. The van der Waals surface area contributed by atoms with E-state index in [0.29, 0.717) is 6.42 Å². The molecule has 0 aromatic rings. The number of rotatable bonds is 3. The molecule has 0 N–H and O–H groups in total. The van der Waals surface area contributed by atoms with E-state index in [2.05, 4.69) is 0 Å². The molecular weight excluding hydrogens is 79.1 g/mol. The highest BCUT2D eigenvalue weighted by molar-refractivity contribution is 4.58. The maximum Gasteiger partial charge on any atom is 0.0897 e. The maximum absolute atomic E-state index is 11.1. The van der Waals surface area contributed by atoms with Crippen molar-refractivity contribution < 1.29 is 4.39 Å². The molecule has 0 fully saturated rings. The van der Waals surface area contributed by atoms with E-state index in [1.165, 1.54) is 0 Å². The SMILES string of the molecule is CC[CH]CCF. The highest BCUT2D eigenvalue weighted by atomic mass is 19.1. The van der Waals surface area contributed by atoms with Crippen molar-refractivity contribution in [3.63, 3.8) is 0 Å². The van der Waals surface area contributed by atoms with Crippen LogP contribution >= 0.6 is 0 Å². The minimum absolute atomic E-state index is 0.201. The Bertz CT molecular complexity index is 15.9. The van der Waals surface area contributed by atoms with Gasteiger partial charge in [-0.05, 0) is 12.8 Å². The Morgan fingerprint density at radius 3 is 2.50 bits per heavy atom. The van der Waals surface area contributed by atoms with Crippen LogP contribution in [-0.4, -0.2) is 6.67 Å². The monoisotopic (exact) mass is 89.1 g/mol. The summed E-state index contributed by atoms with van der Waals surface area (Å²) in [7, 11) is 0. The molecule has 37 valence electrons. The molecule has 0 bridgehead atoms. The van der Waals surface area contributed by atoms with Crippen molar-refractivity contribution >= 4 is 0 Å². The predicted molar refractivity (Wildman–Crippen MR) is 25.2 cm³/mol. The van der Waals surface area contributed by atoms with E-state index in [9.17, 15) is 4.39 Å². The molecule has 0 atom stereocenters. The summed E-state index contributed by atoms with van der Waals surface area (Å²) in [5.41, 5.74) is 0. The third kappa shape index (κ3) is 3.93. The Morgan fingerprint density at radius 2 is 2.33 bits per heavy atom. The largest absolute Gasteiger partial charge is 0.251 e. The lowest BCUT2D eigenvalue weighted by molar-refractivity contribution is 0.489. The second-order valence-corrected chi connectivity index (χ2v) is 1.17. The van der Waals surface area contributed by atoms with Crippen LogP contribution in [0.25, 0.3) is 0 Å². The molecule has 0 aromatic carbocycles. The number of halogens is 1. The fourth-order valence-corrected chi connectivity index (χ4v) is 0.281. The number of hydrogen-bond donors (Lipinski definition) is 0. The van der Waals surface area contributed by atoms with Crippen LogP contribution in [0.3, 0.4) is 0 Å². The minimum Gasteiger partial charge on any atom is -0.251 e. The van der Waals surface area contributed by atoms with E-state index in [-0.39, 0.29) is 6.67 Å². The van der Waals surface area contributed by atoms with Crippen molar-refractivity contribution in [2.24, 2.45) is 0 Å². The van der Waals surface area contributed by atoms with Crippen molar-refractivity contribution in [1.29, 1.82) is 0 Å². The molecular formula is C5H10F. The normalized spacial score (nSPS) is 9.00. The highest BCUT2D eigenvalue weighted by Crippen LogP contribution is 1.89. The summed E-state index contributed by atoms with van der Waals surface area (Å²) in [4.78, 5) is 0. The quantitative estimate of drug-likeness (QED) is 0.464. The fraction of sp³-hybridized carbons (Fsp3) is 0.800. The van der Waals surface area contributed by atoms with E-state index in [0.717, 1.165) is 6.42 Å². The first kappa shape index (κ1) is 5.93. The van der Waals surface area contributed by atoms with E-state index in [1.54, 1.807) is 0 Å². The van der Waals surface area contributed by atoms with Crippen LogP contribution in [0.1, 0.15) is 19.8 Å². The standard InChI is InChI=1S/C5H10F/c1-2-3-4-5-6/h3H,2,4-5H2,1H3. The molecule has 0 unspecified atom stereocenters. The molecule has 0 spiro atoms. The molecule has 6 heavy (non-hydrogen) atoms. The average Bonchev–Trinajstić information content (AvgIpc) is 1.61. The van der Waals surface area contributed by atoms with Crippen LogP contribution in [0.4, 0.5) is 4.39 Å². The van der Waals surface area contributed by atoms with Gasteiger partial charge in [-0.2, -0.15) is 0 Å². The number of hydrogen-bond acceptors (Lipinski definition) is 0. The second-order valence-electron chi connectivity index (χ2n) is 1.17. The predicted octanol–water partition coefficient (Wildman–Crippen LogP) is 1.96. The molecule has 0 aliphatic carbocycles. The average molecular weight is 89.1 g/mol. The molecule has 0 saturated carbocycles. The van der Waals surface area contributed by atoms with Gasteiger partial charge in [0.2, 0.25) is 0 Å². The van der Waals surface area contributed by atoms with Gasteiger partial charge in [0, 0.05) is 0 Å². The van der Waals surface area contributed by atoms with E-state index in [4.69, 9.17) is 0 Å². The highest BCUT2D eigenvalue weighted by Gasteiger charge is 1.78. The van der Waals surface area contributed by atoms with Gasteiger partial charge in [0.05, 0.1) is 6.67 Å². The van der Waals surface area contributed by atoms with E-state index >= 15 is 0 Å². The van der Waals surface area contributed by atoms with E-state index < -0.39 is 0 Å². The zero-order valence-corrected chi connectivity index (χ0v) is 4.08. The van der Waals surface area contributed by atoms with Crippen LogP contribution in [-0.2, 0) is 0 Å². The molecule has 0 rings (SSSR count). The Kier molecular flexibility index (Phi) is 4.87. The molecule has 0 heterocycles. The van der Waals surface area contributed by atoms with Crippen LogP contribution in [0.5, 0.6) is 0 Å². The van der Waals surface area contributed by atoms with E-state index in [1.807, 2.05) is 13.3 Å². The van der Waals surface area contributed by atoms with Crippen molar-refractivity contribution in [2.45, 2.75) is 19.8 Å². The topological polar surface area (TPSA) is 0 Å². The molecule has 0 aliphatic heterocycles. The Labute approximate surface area is 38.4 Å². The lowest BCUT2D eigenvalue weighted by atomic mass is 10.3. The second kappa shape index (κ2) is 4.93. The van der Waals surface area contributed by atoms with Crippen molar-refractivity contribution in [2.75, 3.05) is 6.67 Å². The Hall–Kier alpha value is -0.0700. The van der Waals surface area contributed by atoms with Crippen molar-refractivity contribution in [3.8, 4) is 0 Å². The van der Waals surface area contributed by atoms with Gasteiger partial charge in [-0.25, -0.2) is 0 Å². The van der Waals surface area contributed by atoms with Crippen molar-refractivity contribution in [3.05, 3.63) is 6.42 Å². The molecule has 1 heteroatoms. The van der Waals surface area contributed by atoms with Crippen molar-refractivity contribution in [1.82, 2.24) is 0 Å². The number of alkyl halides is 1. The Balaban J connectivity index is 2.34. The molecule has 0 nitrogen and oxygen atoms in total. The first-order chi connectivity index (χ1) is 2.91. The molecule has 0 amide bonds.